The number of sulfonamides is 1. The Morgan fingerprint density at radius 2 is 1.54 bits per heavy atom. The summed E-state index contributed by atoms with van der Waals surface area (Å²) >= 11 is 1.25. The summed E-state index contributed by atoms with van der Waals surface area (Å²) in [4.78, 5) is 13.4. The highest BCUT2D eigenvalue weighted by molar-refractivity contribution is 8.02. The third-order valence-corrected chi connectivity index (χ3v) is 9.67. The van der Waals surface area contributed by atoms with Gasteiger partial charge >= 0.3 is 0 Å². The Balaban J connectivity index is 1.50. The zero-order valence-electron chi connectivity index (χ0n) is 20.2. The maximum Gasteiger partial charge on any atom is 0.264 e. The van der Waals surface area contributed by atoms with E-state index < -0.39 is 37.5 Å². The van der Waals surface area contributed by atoms with E-state index in [0.717, 1.165) is 22.9 Å². The lowest BCUT2D eigenvalue weighted by atomic mass is 10.0. The highest BCUT2D eigenvalue weighted by Gasteiger charge is 2.40. The van der Waals surface area contributed by atoms with E-state index in [1.54, 1.807) is 24.3 Å². The van der Waals surface area contributed by atoms with Crippen molar-refractivity contribution >= 4 is 37.8 Å². The minimum atomic E-state index is -3.92. The quantitative estimate of drug-likeness (QED) is 0.377. The van der Waals surface area contributed by atoms with E-state index in [2.05, 4.69) is 5.32 Å². The summed E-state index contributed by atoms with van der Waals surface area (Å²) < 4.78 is 55.8. The Kier molecular flexibility index (Phi) is 8.71. The molecule has 1 aliphatic rings. The lowest BCUT2D eigenvalue weighted by molar-refractivity contribution is -0.123. The van der Waals surface area contributed by atoms with Crippen LogP contribution in [0.25, 0.3) is 11.1 Å². The lowest BCUT2D eigenvalue weighted by Gasteiger charge is -2.26. The van der Waals surface area contributed by atoms with Gasteiger partial charge in [-0.25, -0.2) is 8.42 Å². The summed E-state index contributed by atoms with van der Waals surface area (Å²) in [5.41, 5.74) is 2.64. The molecule has 0 radical (unpaired) electrons. The van der Waals surface area contributed by atoms with Gasteiger partial charge in [0, 0.05) is 12.3 Å². The summed E-state index contributed by atoms with van der Waals surface area (Å²) in [7, 11) is -7.55. The van der Waals surface area contributed by atoms with Crippen molar-refractivity contribution in [2.24, 2.45) is 0 Å². The van der Waals surface area contributed by atoms with Crippen molar-refractivity contribution in [3.05, 3.63) is 90.5 Å². The van der Waals surface area contributed by atoms with Crippen LogP contribution < -0.4 is 5.32 Å². The summed E-state index contributed by atoms with van der Waals surface area (Å²) in [6.07, 6.45) is 1.17. The van der Waals surface area contributed by atoms with Gasteiger partial charge in [0.2, 0.25) is 15.9 Å². The first-order chi connectivity index (χ1) is 17.6. The van der Waals surface area contributed by atoms with Crippen molar-refractivity contribution in [2.75, 3.05) is 25.2 Å². The van der Waals surface area contributed by atoms with Crippen LogP contribution in [-0.2, 0) is 29.1 Å². The Morgan fingerprint density at radius 1 is 0.946 bits per heavy atom. The highest BCUT2D eigenvalue weighted by atomic mass is 32.2. The molecule has 0 spiro atoms. The molecule has 0 aromatic heterocycles. The SMILES string of the molecule is CS(=O)(=O)OCC[C@H](NC(=O)[C@@H]1SCCN1S(=O)(=O)c1ccc(-c2ccccc2)cc1)c1ccccc1. The Labute approximate surface area is 222 Å². The fourth-order valence-corrected chi connectivity index (χ4v) is 7.54. The molecule has 4 rings (SSSR count). The smallest absolute Gasteiger partial charge is 0.264 e. The van der Waals surface area contributed by atoms with Crippen LogP contribution in [0.15, 0.2) is 89.8 Å². The third kappa shape index (κ3) is 6.99. The normalized spacial score (nSPS) is 17.4. The van der Waals surface area contributed by atoms with E-state index in [4.69, 9.17) is 4.18 Å². The molecule has 3 aromatic rings. The number of rotatable bonds is 10. The largest absolute Gasteiger partial charge is 0.347 e. The molecule has 1 heterocycles. The van der Waals surface area contributed by atoms with Crippen molar-refractivity contribution in [1.29, 1.82) is 0 Å². The van der Waals surface area contributed by atoms with Crippen LogP contribution in [0, 0.1) is 0 Å². The standard InChI is InChI=1S/C26H28N2O6S3/c1-36(30,31)34-18-16-24(22-10-6-3-7-11-22)27-25(29)26-28(17-19-35-26)37(32,33)23-14-12-21(13-15-23)20-8-4-2-5-9-20/h2-15,24,26H,16-19H2,1H3,(H,27,29)/t24-,26-/m0/s1. The molecule has 0 unspecified atom stereocenters. The first-order valence-corrected chi connectivity index (χ1v) is 15.9. The molecule has 3 aromatic carbocycles. The van der Waals surface area contributed by atoms with Crippen molar-refractivity contribution in [3.63, 3.8) is 0 Å². The molecule has 0 aliphatic carbocycles. The monoisotopic (exact) mass is 560 g/mol. The van der Waals surface area contributed by atoms with Crippen molar-refractivity contribution < 1.29 is 25.8 Å². The predicted molar refractivity (Wildman–Crippen MR) is 145 cm³/mol. The summed E-state index contributed by atoms with van der Waals surface area (Å²) in [5.74, 6) is 0.0206. The zero-order chi connectivity index (χ0) is 26.5. The average Bonchev–Trinajstić information content (AvgIpc) is 3.40. The highest BCUT2D eigenvalue weighted by Crippen LogP contribution is 2.32. The van der Waals surface area contributed by atoms with Gasteiger partial charge in [-0.1, -0.05) is 72.8 Å². The topological polar surface area (TPSA) is 110 Å². The maximum absolute atomic E-state index is 13.5. The molecule has 11 heteroatoms. The molecule has 1 fully saturated rings. The molecule has 1 aliphatic heterocycles. The van der Waals surface area contributed by atoms with Crippen LogP contribution in [0.5, 0.6) is 0 Å². The fraction of sp³-hybridized carbons (Fsp3) is 0.269. The van der Waals surface area contributed by atoms with E-state index in [1.807, 2.05) is 60.7 Å². The van der Waals surface area contributed by atoms with E-state index in [9.17, 15) is 21.6 Å². The molecule has 0 bridgehead atoms. The van der Waals surface area contributed by atoms with Crippen LogP contribution in [-0.4, -0.2) is 57.6 Å². The minimum absolute atomic E-state index is 0.119. The van der Waals surface area contributed by atoms with Gasteiger partial charge in [-0.3, -0.25) is 8.98 Å². The third-order valence-electron chi connectivity index (χ3n) is 5.86. The number of hydrogen-bond donors (Lipinski definition) is 1. The average molecular weight is 561 g/mol. The van der Waals surface area contributed by atoms with Gasteiger partial charge < -0.3 is 5.32 Å². The predicted octanol–water partition coefficient (Wildman–Crippen LogP) is 3.64. The van der Waals surface area contributed by atoms with Gasteiger partial charge in [0.25, 0.3) is 10.1 Å². The van der Waals surface area contributed by atoms with Crippen LogP contribution in [0.2, 0.25) is 0 Å². The number of carbonyl (C=O) groups is 1. The molecule has 1 saturated heterocycles. The van der Waals surface area contributed by atoms with Crippen LogP contribution in [0.1, 0.15) is 18.0 Å². The van der Waals surface area contributed by atoms with Crippen LogP contribution >= 0.6 is 11.8 Å². The van der Waals surface area contributed by atoms with Gasteiger partial charge in [-0.2, -0.15) is 12.7 Å². The Bertz CT molecular complexity index is 1410. The van der Waals surface area contributed by atoms with Crippen molar-refractivity contribution in [2.45, 2.75) is 22.7 Å². The second-order valence-electron chi connectivity index (χ2n) is 8.52. The van der Waals surface area contributed by atoms with Gasteiger partial charge in [-0.15, -0.1) is 11.8 Å². The van der Waals surface area contributed by atoms with Gasteiger partial charge in [-0.05, 0) is 35.2 Å². The molecule has 8 nitrogen and oxygen atoms in total. The molecule has 2 atom stereocenters. The second-order valence-corrected chi connectivity index (χ2v) is 13.2. The van der Waals surface area contributed by atoms with Gasteiger partial charge in [0.1, 0.15) is 5.37 Å². The maximum atomic E-state index is 13.5. The van der Waals surface area contributed by atoms with E-state index in [0.29, 0.717) is 5.75 Å². The summed E-state index contributed by atoms with van der Waals surface area (Å²) in [6, 6.07) is 24.8. The number of nitrogens with zero attached hydrogens (tertiary/aromatic N) is 1. The first-order valence-electron chi connectivity index (χ1n) is 11.6. The zero-order valence-corrected chi connectivity index (χ0v) is 22.6. The lowest BCUT2D eigenvalue weighted by Crippen LogP contribution is -2.45. The summed E-state index contributed by atoms with van der Waals surface area (Å²) in [5, 5.41) is 1.96. The van der Waals surface area contributed by atoms with Gasteiger partial charge in [0.05, 0.1) is 23.8 Å². The molecule has 1 amide bonds. The van der Waals surface area contributed by atoms with Crippen molar-refractivity contribution in [1.82, 2.24) is 9.62 Å². The van der Waals surface area contributed by atoms with Crippen LogP contribution in [0.3, 0.4) is 0 Å². The molecule has 1 N–H and O–H groups in total. The molecular formula is C26H28N2O6S3. The number of nitrogens with one attached hydrogen (secondary N) is 1. The molecule has 0 saturated carbocycles. The van der Waals surface area contributed by atoms with E-state index >= 15 is 0 Å². The number of benzene rings is 3. The Morgan fingerprint density at radius 3 is 2.16 bits per heavy atom. The minimum Gasteiger partial charge on any atom is -0.347 e. The van der Waals surface area contributed by atoms with E-state index in [1.165, 1.54) is 16.1 Å². The second kappa shape index (κ2) is 11.8. The van der Waals surface area contributed by atoms with Crippen LogP contribution in [0.4, 0.5) is 0 Å². The fourth-order valence-electron chi connectivity index (χ4n) is 4.06. The van der Waals surface area contributed by atoms with E-state index in [-0.39, 0.29) is 24.5 Å². The summed E-state index contributed by atoms with van der Waals surface area (Å²) in [6.45, 7) is 0.0883. The number of amides is 1. The van der Waals surface area contributed by atoms with Gasteiger partial charge in [0.15, 0.2) is 0 Å². The number of carbonyl (C=O) groups excluding carboxylic acids is 1. The number of hydrogen-bond acceptors (Lipinski definition) is 7. The molecule has 37 heavy (non-hydrogen) atoms. The van der Waals surface area contributed by atoms with Crippen molar-refractivity contribution in [3.8, 4) is 11.1 Å². The number of thioether (sulfide) groups is 1. The first kappa shape index (κ1) is 27.3. The Hall–Kier alpha value is -2.70. The molecule has 196 valence electrons. The molecular weight excluding hydrogens is 532 g/mol.